The van der Waals surface area contributed by atoms with Gasteiger partial charge in [-0.15, -0.1) is 0 Å². The van der Waals surface area contributed by atoms with E-state index in [1.807, 2.05) is 13.2 Å². The Hall–Kier alpha value is -0.510. The number of imide groups is 1. The van der Waals surface area contributed by atoms with E-state index in [2.05, 4.69) is 5.32 Å². The van der Waals surface area contributed by atoms with E-state index in [4.69, 9.17) is 0 Å². The summed E-state index contributed by atoms with van der Waals surface area (Å²) in [5.74, 6) is -0.300. The maximum atomic E-state index is 11.0. The highest BCUT2D eigenvalue weighted by Crippen LogP contribution is 2.20. The largest absolute Gasteiger partial charge is 0.295 e. The summed E-state index contributed by atoms with van der Waals surface area (Å²) in [6.07, 6.45) is 2.55. The van der Waals surface area contributed by atoms with Gasteiger partial charge in [-0.1, -0.05) is 6.92 Å². The lowest BCUT2D eigenvalue weighted by atomic mass is 10.0. The van der Waals surface area contributed by atoms with Crippen molar-refractivity contribution < 1.29 is 9.59 Å². The number of thioether (sulfide) groups is 1. The molecule has 2 unspecified atom stereocenters. The Morgan fingerprint density at radius 1 is 1.45 bits per heavy atom. The number of carbonyl (C=O) groups excluding carboxylic acids is 2. The van der Waals surface area contributed by atoms with E-state index in [-0.39, 0.29) is 23.0 Å². The summed E-state index contributed by atoms with van der Waals surface area (Å²) in [6, 6.07) is 0. The second kappa shape index (κ2) is 3.26. The third-order valence-electron chi connectivity index (χ3n) is 1.84. The molecule has 11 heavy (non-hydrogen) atoms. The summed E-state index contributed by atoms with van der Waals surface area (Å²) in [6.45, 7) is 1.84. The van der Waals surface area contributed by atoms with Gasteiger partial charge in [-0.2, -0.15) is 11.8 Å². The molecular weight excluding hydrogens is 162 g/mol. The lowest BCUT2D eigenvalue weighted by Gasteiger charge is -2.23. The van der Waals surface area contributed by atoms with Crippen molar-refractivity contribution in [1.82, 2.24) is 5.32 Å². The van der Waals surface area contributed by atoms with Crippen molar-refractivity contribution in [3.8, 4) is 0 Å². The molecule has 1 saturated heterocycles. The summed E-state index contributed by atoms with van der Waals surface area (Å²) in [7, 11) is 0. The highest BCUT2D eigenvalue weighted by atomic mass is 32.2. The van der Waals surface area contributed by atoms with Crippen LogP contribution in [-0.2, 0) is 9.59 Å². The number of rotatable bonds is 1. The summed E-state index contributed by atoms with van der Waals surface area (Å²) in [5.41, 5.74) is 0. The summed E-state index contributed by atoms with van der Waals surface area (Å²) >= 11 is 1.50. The molecule has 1 fully saturated rings. The first-order valence-electron chi connectivity index (χ1n) is 3.52. The van der Waals surface area contributed by atoms with Crippen LogP contribution < -0.4 is 5.32 Å². The highest BCUT2D eigenvalue weighted by molar-refractivity contribution is 7.99. The molecular formula is C7H11NO2S. The van der Waals surface area contributed by atoms with Gasteiger partial charge in [0.2, 0.25) is 11.8 Å². The predicted octanol–water partition coefficient (Wildman–Crippen LogP) is 0.401. The Balaban J connectivity index is 2.62. The Morgan fingerprint density at radius 2 is 2.09 bits per heavy atom. The third kappa shape index (κ3) is 1.74. The zero-order valence-corrected chi connectivity index (χ0v) is 7.40. The summed E-state index contributed by atoms with van der Waals surface area (Å²) < 4.78 is 0. The van der Waals surface area contributed by atoms with Gasteiger partial charge in [0.15, 0.2) is 0 Å². The highest BCUT2D eigenvalue weighted by Gasteiger charge is 2.30. The van der Waals surface area contributed by atoms with Gasteiger partial charge in [0, 0.05) is 5.92 Å². The number of nitrogens with one attached hydrogen (secondary N) is 1. The van der Waals surface area contributed by atoms with Crippen molar-refractivity contribution in [2.75, 3.05) is 6.26 Å². The van der Waals surface area contributed by atoms with Crippen LogP contribution in [0, 0.1) is 5.92 Å². The molecule has 1 aliphatic rings. The molecule has 0 bridgehead atoms. The summed E-state index contributed by atoms with van der Waals surface area (Å²) in [4.78, 5) is 22.0. The van der Waals surface area contributed by atoms with Crippen LogP contribution in [0.5, 0.6) is 0 Å². The van der Waals surface area contributed by atoms with E-state index in [9.17, 15) is 9.59 Å². The van der Waals surface area contributed by atoms with Gasteiger partial charge in [-0.05, 0) is 12.7 Å². The molecule has 2 amide bonds. The number of piperidine rings is 1. The number of carbonyl (C=O) groups is 2. The quantitative estimate of drug-likeness (QED) is 0.584. The Bertz CT molecular complexity index is 193. The van der Waals surface area contributed by atoms with E-state index < -0.39 is 0 Å². The van der Waals surface area contributed by atoms with Crippen molar-refractivity contribution in [2.24, 2.45) is 5.92 Å². The minimum absolute atomic E-state index is 0.0230. The predicted molar refractivity (Wildman–Crippen MR) is 44.2 cm³/mol. The van der Waals surface area contributed by atoms with Crippen molar-refractivity contribution in [3.63, 3.8) is 0 Å². The molecule has 62 valence electrons. The van der Waals surface area contributed by atoms with E-state index in [1.54, 1.807) is 0 Å². The molecule has 3 nitrogen and oxygen atoms in total. The average molecular weight is 173 g/mol. The first-order valence-corrected chi connectivity index (χ1v) is 4.81. The Morgan fingerprint density at radius 3 is 2.64 bits per heavy atom. The number of hydrogen-bond donors (Lipinski definition) is 1. The van der Waals surface area contributed by atoms with Crippen LogP contribution in [0.15, 0.2) is 0 Å². The first kappa shape index (κ1) is 8.59. The monoisotopic (exact) mass is 173 g/mol. The lowest BCUT2D eigenvalue weighted by molar-refractivity contribution is -0.135. The van der Waals surface area contributed by atoms with E-state index >= 15 is 0 Å². The second-order valence-electron chi connectivity index (χ2n) is 2.71. The molecule has 0 saturated carbocycles. The molecule has 1 heterocycles. The van der Waals surface area contributed by atoms with Crippen molar-refractivity contribution >= 4 is 23.6 Å². The van der Waals surface area contributed by atoms with Gasteiger partial charge in [-0.3, -0.25) is 14.9 Å². The molecule has 2 atom stereocenters. The van der Waals surface area contributed by atoms with Crippen LogP contribution in [0.2, 0.25) is 0 Å². The number of hydrogen-bond acceptors (Lipinski definition) is 3. The summed E-state index contributed by atoms with van der Waals surface area (Å²) in [5, 5.41) is 2.29. The number of amides is 2. The SMILES string of the molecule is CSC1CC(C)C(=O)NC1=O. The van der Waals surface area contributed by atoms with Crippen LogP contribution in [0.1, 0.15) is 13.3 Å². The Kier molecular flexibility index (Phi) is 2.54. The van der Waals surface area contributed by atoms with E-state index in [0.29, 0.717) is 6.42 Å². The van der Waals surface area contributed by atoms with Gasteiger partial charge in [0.05, 0.1) is 5.25 Å². The molecule has 0 aromatic rings. The van der Waals surface area contributed by atoms with Crippen LogP contribution in [0.3, 0.4) is 0 Å². The van der Waals surface area contributed by atoms with Crippen molar-refractivity contribution in [3.05, 3.63) is 0 Å². The third-order valence-corrected chi connectivity index (χ3v) is 2.81. The fourth-order valence-corrected chi connectivity index (χ4v) is 1.82. The molecule has 1 aliphatic heterocycles. The molecule has 0 aromatic heterocycles. The molecule has 0 radical (unpaired) electrons. The lowest BCUT2D eigenvalue weighted by Crippen LogP contribution is -2.46. The minimum Gasteiger partial charge on any atom is -0.295 e. The molecule has 1 N–H and O–H groups in total. The van der Waals surface area contributed by atoms with Crippen molar-refractivity contribution in [2.45, 2.75) is 18.6 Å². The maximum Gasteiger partial charge on any atom is 0.239 e. The van der Waals surface area contributed by atoms with Gasteiger partial charge in [0.25, 0.3) is 0 Å². The molecule has 0 spiro atoms. The smallest absolute Gasteiger partial charge is 0.239 e. The molecule has 1 rings (SSSR count). The average Bonchev–Trinajstić information content (AvgIpc) is 1.97. The van der Waals surface area contributed by atoms with Crippen molar-refractivity contribution in [1.29, 1.82) is 0 Å². The molecule has 0 aliphatic carbocycles. The van der Waals surface area contributed by atoms with Gasteiger partial charge < -0.3 is 0 Å². The Labute approximate surface area is 69.9 Å². The normalized spacial score (nSPS) is 31.8. The maximum absolute atomic E-state index is 11.0. The first-order chi connectivity index (χ1) is 5.15. The second-order valence-corrected chi connectivity index (χ2v) is 3.76. The minimum atomic E-state index is -0.139. The standard InChI is InChI=1S/C7H11NO2S/c1-4-3-5(11-2)7(10)8-6(4)9/h4-5H,3H2,1-2H3,(H,8,9,10). The topological polar surface area (TPSA) is 46.2 Å². The van der Waals surface area contributed by atoms with Crippen LogP contribution in [-0.4, -0.2) is 23.3 Å². The molecule has 0 aromatic carbocycles. The van der Waals surface area contributed by atoms with Gasteiger partial charge >= 0.3 is 0 Å². The molecule has 4 heteroatoms. The fourth-order valence-electron chi connectivity index (χ4n) is 1.06. The van der Waals surface area contributed by atoms with Gasteiger partial charge in [-0.25, -0.2) is 0 Å². The zero-order chi connectivity index (χ0) is 8.43. The van der Waals surface area contributed by atoms with Crippen LogP contribution in [0.4, 0.5) is 0 Å². The fraction of sp³-hybridized carbons (Fsp3) is 0.714. The van der Waals surface area contributed by atoms with Crippen LogP contribution in [0.25, 0.3) is 0 Å². The van der Waals surface area contributed by atoms with Gasteiger partial charge in [0.1, 0.15) is 0 Å². The van der Waals surface area contributed by atoms with Crippen LogP contribution >= 0.6 is 11.8 Å². The zero-order valence-electron chi connectivity index (χ0n) is 6.59. The van der Waals surface area contributed by atoms with E-state index in [0.717, 1.165) is 0 Å². The van der Waals surface area contributed by atoms with E-state index in [1.165, 1.54) is 11.8 Å².